The van der Waals surface area contributed by atoms with Crippen molar-refractivity contribution in [3.63, 3.8) is 0 Å². The molecule has 1 aromatic heterocycles. The van der Waals surface area contributed by atoms with Gasteiger partial charge in [0.15, 0.2) is 0 Å². The topological polar surface area (TPSA) is 50.1 Å². The fraction of sp³-hybridized carbons (Fsp3) is 0.500. The average Bonchev–Trinajstić information content (AvgIpc) is 2.15. The van der Waals surface area contributed by atoms with Crippen LogP contribution >= 0.6 is 0 Å². The van der Waals surface area contributed by atoms with E-state index in [2.05, 4.69) is 14.8 Å². The van der Waals surface area contributed by atoms with Gasteiger partial charge in [0, 0.05) is 5.56 Å². The lowest BCUT2D eigenvalue weighted by atomic mass is 10.0. The van der Waals surface area contributed by atoms with Crippen molar-refractivity contribution in [1.82, 2.24) is 9.97 Å². The van der Waals surface area contributed by atoms with E-state index < -0.39 is 0 Å². The Morgan fingerprint density at radius 1 is 1.64 bits per heavy atom. The summed E-state index contributed by atoms with van der Waals surface area (Å²) < 4.78 is 0. The molecule has 74 valence electrons. The molecule has 0 radical (unpaired) electrons. The molecule has 0 unspecified atom stereocenters. The molecular formula is C10H13N3O. The van der Waals surface area contributed by atoms with Gasteiger partial charge in [0.2, 0.25) is 6.54 Å². The minimum Gasteiger partial charge on any atom is -0.317 e. The molecule has 0 saturated heterocycles. The summed E-state index contributed by atoms with van der Waals surface area (Å²) in [4.78, 5) is 21.4. The molecule has 1 N–H and O–H groups in total. The Morgan fingerprint density at radius 2 is 2.36 bits per heavy atom. The smallest absolute Gasteiger partial charge is 0.254 e. The number of nitrogens with one attached hydrogen (secondary N) is 1. The van der Waals surface area contributed by atoms with Crippen molar-refractivity contribution in [2.24, 2.45) is 0 Å². The van der Waals surface area contributed by atoms with E-state index in [1.807, 2.05) is 13.8 Å². The third-order valence-corrected chi connectivity index (χ3v) is 2.00. The highest BCUT2D eigenvalue weighted by Gasteiger charge is 2.12. The van der Waals surface area contributed by atoms with Crippen molar-refractivity contribution < 1.29 is 0 Å². The van der Waals surface area contributed by atoms with Gasteiger partial charge in [-0.25, -0.2) is 11.6 Å². The van der Waals surface area contributed by atoms with Crippen LogP contribution in [0.15, 0.2) is 11.1 Å². The van der Waals surface area contributed by atoms with E-state index in [-0.39, 0.29) is 11.5 Å². The van der Waals surface area contributed by atoms with Crippen molar-refractivity contribution >= 4 is 0 Å². The van der Waals surface area contributed by atoms with E-state index in [0.717, 1.165) is 5.69 Å². The van der Waals surface area contributed by atoms with Crippen LogP contribution < -0.4 is 5.56 Å². The zero-order valence-corrected chi connectivity index (χ0v) is 8.37. The lowest BCUT2D eigenvalue weighted by Crippen LogP contribution is -2.18. The van der Waals surface area contributed by atoms with Crippen LogP contribution in [0.4, 0.5) is 0 Å². The summed E-state index contributed by atoms with van der Waals surface area (Å²) in [6, 6.07) is 0. The Kier molecular flexibility index (Phi) is 3.41. The van der Waals surface area contributed by atoms with Crippen molar-refractivity contribution in [3.8, 4) is 0 Å². The van der Waals surface area contributed by atoms with Crippen molar-refractivity contribution in [1.29, 1.82) is 0 Å². The first-order valence-electron chi connectivity index (χ1n) is 4.56. The van der Waals surface area contributed by atoms with E-state index in [4.69, 9.17) is 6.57 Å². The number of hydrogen-bond donors (Lipinski definition) is 1. The van der Waals surface area contributed by atoms with Crippen LogP contribution in [0.1, 0.15) is 31.0 Å². The molecule has 4 heteroatoms. The number of hydrogen-bond acceptors (Lipinski definition) is 2. The molecule has 0 fully saturated rings. The molecule has 0 saturated carbocycles. The number of H-pyrrole nitrogens is 1. The minimum atomic E-state index is -0.118. The Morgan fingerprint density at radius 3 is 2.93 bits per heavy atom. The summed E-state index contributed by atoms with van der Waals surface area (Å²) in [5.41, 5.74) is 1.34. The number of rotatable bonds is 3. The average molecular weight is 191 g/mol. The van der Waals surface area contributed by atoms with Gasteiger partial charge in [0.05, 0.1) is 18.4 Å². The van der Waals surface area contributed by atoms with Crippen LogP contribution in [0.2, 0.25) is 0 Å². The maximum absolute atomic E-state index is 11.5. The Balaban J connectivity index is 3.11. The molecule has 0 bridgehead atoms. The quantitative estimate of drug-likeness (QED) is 0.733. The van der Waals surface area contributed by atoms with E-state index in [1.165, 1.54) is 6.33 Å². The summed E-state index contributed by atoms with van der Waals surface area (Å²) in [6.07, 6.45) is 1.90. The first kappa shape index (κ1) is 10.5. The lowest BCUT2D eigenvalue weighted by Gasteiger charge is -2.07. The summed E-state index contributed by atoms with van der Waals surface area (Å²) in [6.45, 7) is 11.0. The van der Waals surface area contributed by atoms with Crippen LogP contribution in [-0.4, -0.2) is 16.5 Å². The SMILES string of the molecule is [C-]#[N+]CCc1c(C(C)C)nc[nH]c1=O. The molecule has 0 amide bonds. The first-order chi connectivity index (χ1) is 6.66. The Labute approximate surface area is 82.8 Å². The fourth-order valence-corrected chi connectivity index (χ4v) is 1.35. The maximum Gasteiger partial charge on any atom is 0.254 e. The van der Waals surface area contributed by atoms with Gasteiger partial charge >= 0.3 is 0 Å². The summed E-state index contributed by atoms with van der Waals surface area (Å²) in [7, 11) is 0. The summed E-state index contributed by atoms with van der Waals surface area (Å²) in [5, 5.41) is 0. The predicted octanol–water partition coefficient (Wildman–Crippen LogP) is 1.36. The first-order valence-corrected chi connectivity index (χ1v) is 4.56. The predicted molar refractivity (Wildman–Crippen MR) is 54.1 cm³/mol. The highest BCUT2D eigenvalue weighted by atomic mass is 16.1. The molecular weight excluding hydrogens is 178 g/mol. The molecule has 14 heavy (non-hydrogen) atoms. The van der Waals surface area contributed by atoms with Crippen molar-refractivity contribution in [2.75, 3.05) is 6.54 Å². The second-order valence-electron chi connectivity index (χ2n) is 3.38. The Hall–Kier alpha value is -1.63. The highest BCUT2D eigenvalue weighted by molar-refractivity contribution is 5.20. The van der Waals surface area contributed by atoms with Crippen LogP contribution in [0.25, 0.3) is 4.85 Å². The van der Waals surface area contributed by atoms with Gasteiger partial charge < -0.3 is 9.83 Å². The zero-order chi connectivity index (χ0) is 10.6. The third kappa shape index (κ3) is 2.19. The second-order valence-corrected chi connectivity index (χ2v) is 3.38. The van der Waals surface area contributed by atoms with Gasteiger partial charge in [-0.3, -0.25) is 4.79 Å². The van der Waals surface area contributed by atoms with Gasteiger partial charge in [-0.1, -0.05) is 13.8 Å². The molecule has 1 rings (SSSR count). The van der Waals surface area contributed by atoms with Crippen LogP contribution in [0, 0.1) is 6.57 Å². The molecule has 1 aromatic rings. The van der Waals surface area contributed by atoms with Crippen LogP contribution in [0.5, 0.6) is 0 Å². The number of aromatic amines is 1. The minimum absolute atomic E-state index is 0.118. The molecule has 0 atom stereocenters. The van der Waals surface area contributed by atoms with Crippen LogP contribution in [-0.2, 0) is 6.42 Å². The lowest BCUT2D eigenvalue weighted by molar-refractivity contribution is 0.778. The molecule has 0 spiro atoms. The molecule has 0 aliphatic carbocycles. The monoisotopic (exact) mass is 191 g/mol. The maximum atomic E-state index is 11.5. The highest BCUT2D eigenvalue weighted by Crippen LogP contribution is 2.13. The standard InChI is InChI=1S/C10H13N3O/c1-7(2)9-8(4-5-11-3)10(14)13-6-12-9/h6-7H,4-5H2,1-2H3,(H,12,13,14). The van der Waals surface area contributed by atoms with Gasteiger partial charge in [-0.15, -0.1) is 0 Å². The van der Waals surface area contributed by atoms with Gasteiger partial charge in [0.25, 0.3) is 5.56 Å². The zero-order valence-electron chi connectivity index (χ0n) is 8.37. The summed E-state index contributed by atoms with van der Waals surface area (Å²) in [5.74, 6) is 0.220. The largest absolute Gasteiger partial charge is 0.317 e. The van der Waals surface area contributed by atoms with E-state index >= 15 is 0 Å². The summed E-state index contributed by atoms with van der Waals surface area (Å²) >= 11 is 0. The molecule has 4 nitrogen and oxygen atoms in total. The molecule has 0 aromatic carbocycles. The van der Waals surface area contributed by atoms with Gasteiger partial charge in [-0.2, -0.15) is 0 Å². The van der Waals surface area contributed by atoms with Crippen LogP contribution in [0.3, 0.4) is 0 Å². The van der Waals surface area contributed by atoms with E-state index in [1.54, 1.807) is 0 Å². The number of nitrogens with zero attached hydrogens (tertiary/aromatic N) is 2. The normalized spacial score (nSPS) is 10.1. The van der Waals surface area contributed by atoms with Crippen molar-refractivity contribution in [2.45, 2.75) is 26.2 Å². The van der Waals surface area contributed by atoms with Gasteiger partial charge in [0.1, 0.15) is 0 Å². The van der Waals surface area contributed by atoms with E-state index in [0.29, 0.717) is 18.5 Å². The molecule has 0 aliphatic rings. The molecule has 0 aliphatic heterocycles. The molecule has 1 heterocycles. The van der Waals surface area contributed by atoms with E-state index in [9.17, 15) is 4.79 Å². The second kappa shape index (κ2) is 4.56. The third-order valence-electron chi connectivity index (χ3n) is 2.00. The van der Waals surface area contributed by atoms with Crippen molar-refractivity contribution in [3.05, 3.63) is 39.4 Å². The number of aromatic nitrogens is 2. The fourth-order valence-electron chi connectivity index (χ4n) is 1.35. The van der Waals surface area contributed by atoms with Gasteiger partial charge in [-0.05, 0) is 5.92 Å². The Bertz CT molecular complexity index is 401.